The summed E-state index contributed by atoms with van der Waals surface area (Å²) in [5.74, 6) is -0.158. The second-order valence-electron chi connectivity index (χ2n) is 3.88. The van der Waals surface area contributed by atoms with Gasteiger partial charge in [0.05, 0.1) is 0 Å². The van der Waals surface area contributed by atoms with E-state index >= 15 is 0 Å². The molecule has 0 fully saturated rings. The van der Waals surface area contributed by atoms with E-state index in [0.29, 0.717) is 17.7 Å². The van der Waals surface area contributed by atoms with Crippen LogP contribution >= 0.6 is 0 Å². The zero-order chi connectivity index (χ0) is 12.7. The predicted octanol–water partition coefficient (Wildman–Crippen LogP) is 1.75. The van der Waals surface area contributed by atoms with Gasteiger partial charge in [-0.25, -0.2) is 0 Å². The summed E-state index contributed by atoms with van der Waals surface area (Å²) in [7, 11) is 0. The molecule has 0 rings (SSSR count). The summed E-state index contributed by atoms with van der Waals surface area (Å²) in [5, 5.41) is 11.4. The minimum absolute atomic E-state index is 0.0238. The maximum Gasteiger partial charge on any atom is 0.250 e. The molecule has 0 aromatic rings. The Morgan fingerprint density at radius 2 is 2.00 bits per heavy atom. The third kappa shape index (κ3) is 4.79. The molecule has 90 valence electrons. The third-order valence-electron chi connectivity index (χ3n) is 2.36. The van der Waals surface area contributed by atoms with Gasteiger partial charge in [0.15, 0.2) is 0 Å². The maximum absolute atomic E-state index is 11.4. The van der Waals surface area contributed by atoms with Crippen LogP contribution in [0.15, 0.2) is 37.1 Å². The van der Waals surface area contributed by atoms with Crippen LogP contribution in [-0.2, 0) is 4.79 Å². The molecule has 0 aliphatic carbocycles. The van der Waals surface area contributed by atoms with Crippen molar-refractivity contribution in [3.05, 3.63) is 37.1 Å². The number of carbonyl (C=O) groups excluding carboxylic acids is 1. The van der Waals surface area contributed by atoms with Crippen molar-refractivity contribution in [2.45, 2.75) is 26.3 Å². The van der Waals surface area contributed by atoms with Crippen molar-refractivity contribution in [3.63, 3.8) is 0 Å². The summed E-state index contributed by atoms with van der Waals surface area (Å²) in [5.41, 5.74) is 2.89. The smallest absolute Gasteiger partial charge is 0.250 e. The molecule has 1 amide bonds. The van der Waals surface area contributed by atoms with E-state index in [4.69, 9.17) is 5.21 Å². The van der Waals surface area contributed by atoms with Gasteiger partial charge in [-0.15, -0.1) is 0 Å². The van der Waals surface area contributed by atoms with Crippen molar-refractivity contribution >= 4 is 5.91 Å². The number of nitrogens with one attached hydrogen (secondary N) is 2. The van der Waals surface area contributed by atoms with Crippen molar-refractivity contribution in [3.8, 4) is 0 Å². The second kappa shape index (κ2) is 6.85. The van der Waals surface area contributed by atoms with E-state index in [-0.39, 0.29) is 17.9 Å². The first kappa shape index (κ1) is 14.5. The number of allylic oxidation sites excluding steroid dienone is 1. The first-order valence-corrected chi connectivity index (χ1v) is 5.13. The van der Waals surface area contributed by atoms with Crippen LogP contribution in [0.1, 0.15) is 20.3 Å². The molecule has 0 aromatic heterocycles. The van der Waals surface area contributed by atoms with Crippen molar-refractivity contribution in [1.82, 2.24) is 10.8 Å². The van der Waals surface area contributed by atoms with Crippen LogP contribution < -0.4 is 10.8 Å². The first-order valence-electron chi connectivity index (χ1n) is 5.13. The highest BCUT2D eigenvalue weighted by molar-refractivity contribution is 5.95. The van der Waals surface area contributed by atoms with Gasteiger partial charge in [-0.2, -0.15) is 0 Å². The molecule has 3 N–H and O–H groups in total. The average Bonchev–Trinajstić information content (AvgIpc) is 2.26. The van der Waals surface area contributed by atoms with E-state index < -0.39 is 0 Å². The fraction of sp³-hybridized carbons (Fsp3) is 0.417. The van der Waals surface area contributed by atoms with E-state index in [2.05, 4.69) is 25.1 Å². The summed E-state index contributed by atoms with van der Waals surface area (Å²) in [4.78, 5) is 11.4. The minimum atomic E-state index is -0.225. The highest BCUT2D eigenvalue weighted by Gasteiger charge is 2.13. The largest absolute Gasteiger partial charge is 0.350 e. The van der Waals surface area contributed by atoms with Gasteiger partial charge in [-0.05, 0) is 19.3 Å². The Balaban J connectivity index is 4.13. The van der Waals surface area contributed by atoms with E-state index in [1.807, 2.05) is 19.3 Å². The lowest BCUT2D eigenvalue weighted by Gasteiger charge is -2.19. The molecule has 0 radical (unpaired) electrons. The Hall–Kier alpha value is -1.55. The van der Waals surface area contributed by atoms with Crippen LogP contribution in [0.4, 0.5) is 0 Å². The van der Waals surface area contributed by atoms with E-state index in [9.17, 15) is 4.79 Å². The number of hydrogen-bond donors (Lipinski definition) is 3. The van der Waals surface area contributed by atoms with Gasteiger partial charge in [-0.3, -0.25) is 15.5 Å². The van der Waals surface area contributed by atoms with Gasteiger partial charge in [0.1, 0.15) is 0 Å². The van der Waals surface area contributed by atoms with Gasteiger partial charge in [-0.1, -0.05) is 32.7 Å². The second-order valence-corrected chi connectivity index (χ2v) is 3.88. The molecule has 0 aliphatic heterocycles. The maximum atomic E-state index is 11.4. The molecule has 4 heteroatoms. The summed E-state index contributed by atoms with van der Waals surface area (Å²) < 4.78 is 0. The van der Waals surface area contributed by atoms with Crippen LogP contribution in [0.5, 0.6) is 0 Å². The number of amides is 1. The summed E-state index contributed by atoms with van der Waals surface area (Å²) in [6.07, 6.45) is 2.10. The number of rotatable bonds is 7. The lowest BCUT2D eigenvalue weighted by molar-refractivity contribution is -0.117. The predicted molar refractivity (Wildman–Crippen MR) is 64.8 cm³/mol. The van der Waals surface area contributed by atoms with Crippen molar-refractivity contribution < 1.29 is 10.0 Å². The molecular formula is C12H20N2O2. The Kier molecular flexibility index (Phi) is 6.18. The molecule has 4 nitrogen and oxygen atoms in total. The molecule has 0 aromatic carbocycles. The van der Waals surface area contributed by atoms with Crippen molar-refractivity contribution in [2.24, 2.45) is 5.92 Å². The topological polar surface area (TPSA) is 61.4 Å². The van der Waals surface area contributed by atoms with Gasteiger partial charge in [0, 0.05) is 17.3 Å². The van der Waals surface area contributed by atoms with Gasteiger partial charge >= 0.3 is 0 Å². The van der Waals surface area contributed by atoms with Crippen molar-refractivity contribution in [1.29, 1.82) is 0 Å². The Morgan fingerprint density at radius 1 is 1.44 bits per heavy atom. The van der Waals surface area contributed by atoms with E-state index in [1.165, 1.54) is 6.08 Å². The quantitative estimate of drug-likeness (QED) is 0.351. The molecule has 0 heterocycles. The lowest BCUT2D eigenvalue weighted by Crippen LogP contribution is -2.35. The SMILES string of the molecule is C=CC(=C)C(=O)N[C@H](C)C[C@H](C)C(=C)NO. The molecule has 0 saturated heterocycles. The third-order valence-corrected chi connectivity index (χ3v) is 2.36. The van der Waals surface area contributed by atoms with Gasteiger partial charge in [0.2, 0.25) is 0 Å². The summed E-state index contributed by atoms with van der Waals surface area (Å²) >= 11 is 0. The Bertz CT molecular complexity index is 297. The Labute approximate surface area is 96.7 Å². The highest BCUT2D eigenvalue weighted by atomic mass is 16.5. The Morgan fingerprint density at radius 3 is 2.44 bits per heavy atom. The molecule has 0 bridgehead atoms. The normalized spacial score (nSPS) is 13.4. The average molecular weight is 224 g/mol. The minimum Gasteiger partial charge on any atom is -0.350 e. The van der Waals surface area contributed by atoms with E-state index in [0.717, 1.165) is 0 Å². The number of hydroxylamine groups is 1. The molecular weight excluding hydrogens is 204 g/mol. The van der Waals surface area contributed by atoms with E-state index in [1.54, 1.807) is 0 Å². The van der Waals surface area contributed by atoms with Crippen LogP contribution in [0.25, 0.3) is 0 Å². The van der Waals surface area contributed by atoms with Crippen LogP contribution in [0.3, 0.4) is 0 Å². The fourth-order valence-electron chi connectivity index (χ4n) is 1.25. The molecule has 2 atom stereocenters. The zero-order valence-corrected chi connectivity index (χ0v) is 9.92. The van der Waals surface area contributed by atoms with Gasteiger partial charge < -0.3 is 5.32 Å². The zero-order valence-electron chi connectivity index (χ0n) is 9.92. The molecule has 0 aliphatic rings. The lowest BCUT2D eigenvalue weighted by atomic mass is 10.00. The number of hydrogen-bond acceptors (Lipinski definition) is 3. The summed E-state index contributed by atoms with van der Waals surface area (Å²) in [6.45, 7) is 14.5. The summed E-state index contributed by atoms with van der Waals surface area (Å²) in [6, 6.07) is -0.0238. The fourth-order valence-corrected chi connectivity index (χ4v) is 1.25. The standard InChI is InChI=1S/C12H20N2O2/c1-6-8(2)12(15)13-10(4)7-9(3)11(5)14-16/h6,9-10,14,16H,1-2,5,7H2,3-4H3,(H,13,15)/t9-,10+/m0/s1. The van der Waals surface area contributed by atoms with Crippen molar-refractivity contribution in [2.75, 3.05) is 0 Å². The number of carbonyl (C=O) groups is 1. The highest BCUT2D eigenvalue weighted by Crippen LogP contribution is 2.12. The molecule has 16 heavy (non-hydrogen) atoms. The van der Waals surface area contributed by atoms with Crippen LogP contribution in [0.2, 0.25) is 0 Å². The van der Waals surface area contributed by atoms with Crippen LogP contribution in [-0.4, -0.2) is 17.2 Å². The van der Waals surface area contributed by atoms with Gasteiger partial charge in [0.25, 0.3) is 5.91 Å². The first-order chi connectivity index (χ1) is 7.42. The van der Waals surface area contributed by atoms with Crippen LogP contribution in [0, 0.1) is 5.92 Å². The molecule has 0 spiro atoms. The monoisotopic (exact) mass is 224 g/mol. The molecule has 0 saturated carbocycles. The molecule has 0 unspecified atom stereocenters.